The lowest BCUT2D eigenvalue weighted by atomic mass is 10.6. The third-order valence-corrected chi connectivity index (χ3v) is 0.167. The summed E-state index contributed by atoms with van der Waals surface area (Å²) in [4.78, 5) is 0. The van der Waals surface area contributed by atoms with Crippen LogP contribution in [0.15, 0.2) is 25.3 Å². The first kappa shape index (κ1) is 9.08. The SMILES string of the molecule is C=CC=C.CC. The van der Waals surface area contributed by atoms with Crippen LogP contribution in [0.5, 0.6) is 0 Å². The highest BCUT2D eigenvalue weighted by Gasteiger charge is 1.29. The molecular weight excluding hydrogens is 72.1 g/mol. The summed E-state index contributed by atoms with van der Waals surface area (Å²) in [6.07, 6.45) is 3.28. The minimum atomic E-state index is 1.64. The van der Waals surface area contributed by atoms with E-state index in [2.05, 4.69) is 13.2 Å². The highest BCUT2D eigenvalue weighted by atomic mass is 13.4. The van der Waals surface area contributed by atoms with Crippen LogP contribution in [-0.2, 0) is 0 Å². The van der Waals surface area contributed by atoms with Gasteiger partial charge in [-0.05, 0) is 0 Å². The maximum atomic E-state index is 3.36. The van der Waals surface area contributed by atoms with Crippen molar-refractivity contribution in [2.24, 2.45) is 0 Å². The Morgan fingerprint density at radius 1 is 1.00 bits per heavy atom. The summed E-state index contributed by atoms with van der Waals surface area (Å²) in [5, 5.41) is 0. The van der Waals surface area contributed by atoms with Gasteiger partial charge in [-0.2, -0.15) is 0 Å². The summed E-state index contributed by atoms with van der Waals surface area (Å²) in [5.74, 6) is 0. The van der Waals surface area contributed by atoms with Gasteiger partial charge in [0, 0.05) is 0 Å². The number of rotatable bonds is 1. The molecule has 0 unspecified atom stereocenters. The third-order valence-electron chi connectivity index (χ3n) is 0.167. The van der Waals surface area contributed by atoms with Crippen LogP contribution in [0.1, 0.15) is 13.8 Å². The van der Waals surface area contributed by atoms with Crippen LogP contribution >= 0.6 is 0 Å². The van der Waals surface area contributed by atoms with Gasteiger partial charge >= 0.3 is 0 Å². The van der Waals surface area contributed by atoms with Crippen molar-refractivity contribution in [2.75, 3.05) is 0 Å². The highest BCUT2D eigenvalue weighted by Crippen LogP contribution is 1.52. The lowest BCUT2D eigenvalue weighted by Gasteiger charge is -1.44. The molecule has 0 saturated heterocycles. The number of hydrogen-bond acceptors (Lipinski definition) is 0. The summed E-state index contributed by atoms with van der Waals surface area (Å²) in [5.41, 5.74) is 0. The predicted octanol–water partition coefficient (Wildman–Crippen LogP) is 2.38. The summed E-state index contributed by atoms with van der Waals surface area (Å²) >= 11 is 0. The van der Waals surface area contributed by atoms with Crippen LogP contribution in [0.25, 0.3) is 0 Å². The second-order valence-corrected chi connectivity index (χ2v) is 0.471. The number of allylic oxidation sites excluding steroid dienone is 2. The molecule has 0 radical (unpaired) electrons. The molecular formula is C6H12. The molecule has 0 nitrogen and oxygen atoms in total. The fraction of sp³-hybridized carbons (Fsp3) is 0.333. The normalized spacial score (nSPS) is 4.33. The zero-order valence-corrected chi connectivity index (χ0v) is 4.57. The number of hydrogen-bond donors (Lipinski definition) is 0. The van der Waals surface area contributed by atoms with Crippen molar-refractivity contribution in [1.29, 1.82) is 0 Å². The Morgan fingerprint density at radius 3 is 1.17 bits per heavy atom. The van der Waals surface area contributed by atoms with E-state index < -0.39 is 0 Å². The van der Waals surface area contributed by atoms with Gasteiger partial charge in [-0.15, -0.1) is 0 Å². The van der Waals surface area contributed by atoms with E-state index in [9.17, 15) is 0 Å². The van der Waals surface area contributed by atoms with Crippen LogP contribution < -0.4 is 0 Å². The largest absolute Gasteiger partial charge is 0.0991 e. The van der Waals surface area contributed by atoms with Gasteiger partial charge in [0.25, 0.3) is 0 Å². The molecule has 0 fully saturated rings. The van der Waals surface area contributed by atoms with Crippen LogP contribution in [0.2, 0.25) is 0 Å². The maximum Gasteiger partial charge on any atom is -0.0683 e. The Bertz CT molecular complexity index is 21.0. The van der Waals surface area contributed by atoms with E-state index in [0.29, 0.717) is 0 Å². The Labute approximate surface area is 40.2 Å². The zero-order valence-electron chi connectivity index (χ0n) is 4.57. The molecule has 0 heterocycles. The fourth-order valence-electron chi connectivity index (χ4n) is 0. The predicted molar refractivity (Wildman–Crippen MR) is 31.7 cm³/mol. The molecule has 0 amide bonds. The van der Waals surface area contributed by atoms with Crippen LogP contribution in [0.3, 0.4) is 0 Å². The van der Waals surface area contributed by atoms with Crippen LogP contribution in [0.4, 0.5) is 0 Å². The zero-order chi connectivity index (χ0) is 5.41. The molecule has 0 aromatic carbocycles. The monoisotopic (exact) mass is 84.1 g/mol. The molecule has 0 aromatic heterocycles. The molecule has 0 saturated carbocycles. The van der Waals surface area contributed by atoms with Gasteiger partial charge < -0.3 is 0 Å². The van der Waals surface area contributed by atoms with E-state index in [1.807, 2.05) is 13.8 Å². The Hall–Kier alpha value is -0.520. The summed E-state index contributed by atoms with van der Waals surface area (Å²) in [6.45, 7) is 10.7. The summed E-state index contributed by atoms with van der Waals surface area (Å²) in [6, 6.07) is 0. The minimum absolute atomic E-state index is 1.64. The topological polar surface area (TPSA) is 0 Å². The molecule has 36 valence electrons. The van der Waals surface area contributed by atoms with Crippen LogP contribution in [-0.4, -0.2) is 0 Å². The molecule has 0 atom stereocenters. The lowest BCUT2D eigenvalue weighted by molar-refractivity contribution is 1.50. The molecule has 0 aliphatic rings. The molecule has 0 heteroatoms. The average molecular weight is 84.2 g/mol. The van der Waals surface area contributed by atoms with Crippen molar-refractivity contribution >= 4 is 0 Å². The first-order valence-electron chi connectivity index (χ1n) is 2.15. The third kappa shape index (κ3) is 92.9. The standard InChI is InChI=1S/C4H6.C2H6/c1-3-4-2;1-2/h3-4H,1-2H2;1-2H3. The van der Waals surface area contributed by atoms with E-state index in [0.717, 1.165) is 0 Å². The van der Waals surface area contributed by atoms with Crippen molar-refractivity contribution in [3.63, 3.8) is 0 Å². The van der Waals surface area contributed by atoms with E-state index in [1.54, 1.807) is 12.2 Å². The van der Waals surface area contributed by atoms with Gasteiger partial charge in [0.15, 0.2) is 0 Å². The molecule has 0 aliphatic carbocycles. The van der Waals surface area contributed by atoms with Gasteiger partial charge in [0.2, 0.25) is 0 Å². The summed E-state index contributed by atoms with van der Waals surface area (Å²) in [7, 11) is 0. The Morgan fingerprint density at radius 2 is 1.17 bits per heavy atom. The van der Waals surface area contributed by atoms with E-state index in [1.165, 1.54) is 0 Å². The maximum absolute atomic E-state index is 3.36. The smallest absolute Gasteiger partial charge is 0.0683 e. The van der Waals surface area contributed by atoms with Gasteiger partial charge in [-0.3, -0.25) is 0 Å². The fourth-order valence-corrected chi connectivity index (χ4v) is 0. The van der Waals surface area contributed by atoms with Crippen molar-refractivity contribution in [1.82, 2.24) is 0 Å². The molecule has 0 rings (SSSR count). The second-order valence-electron chi connectivity index (χ2n) is 0.471. The van der Waals surface area contributed by atoms with Gasteiger partial charge in [-0.25, -0.2) is 0 Å². The van der Waals surface area contributed by atoms with E-state index in [-0.39, 0.29) is 0 Å². The molecule has 0 N–H and O–H groups in total. The Kier molecular flexibility index (Phi) is 37.5. The highest BCUT2D eigenvalue weighted by molar-refractivity contribution is 4.88. The molecule has 6 heavy (non-hydrogen) atoms. The van der Waals surface area contributed by atoms with Crippen molar-refractivity contribution in [3.05, 3.63) is 25.3 Å². The van der Waals surface area contributed by atoms with E-state index >= 15 is 0 Å². The van der Waals surface area contributed by atoms with Crippen LogP contribution in [0, 0.1) is 0 Å². The van der Waals surface area contributed by atoms with E-state index in [4.69, 9.17) is 0 Å². The van der Waals surface area contributed by atoms with Crippen molar-refractivity contribution in [3.8, 4) is 0 Å². The molecule has 0 aromatic rings. The first-order chi connectivity index (χ1) is 2.91. The minimum Gasteiger partial charge on any atom is -0.0991 e. The molecule has 0 aliphatic heterocycles. The quantitative estimate of drug-likeness (QED) is 0.428. The van der Waals surface area contributed by atoms with Crippen molar-refractivity contribution < 1.29 is 0 Å². The van der Waals surface area contributed by atoms with Gasteiger partial charge in [0.1, 0.15) is 0 Å². The molecule has 0 bridgehead atoms. The van der Waals surface area contributed by atoms with Gasteiger partial charge in [-0.1, -0.05) is 39.2 Å². The van der Waals surface area contributed by atoms with Crippen molar-refractivity contribution in [2.45, 2.75) is 13.8 Å². The summed E-state index contributed by atoms with van der Waals surface area (Å²) < 4.78 is 0. The van der Waals surface area contributed by atoms with Gasteiger partial charge in [0.05, 0.1) is 0 Å². The Balaban J connectivity index is 0. The average Bonchev–Trinajstić information content (AvgIpc) is 1.72. The molecule has 0 spiro atoms. The second kappa shape index (κ2) is 24.8. The first-order valence-corrected chi connectivity index (χ1v) is 2.15. The lowest BCUT2D eigenvalue weighted by Crippen LogP contribution is -1.21.